The lowest BCUT2D eigenvalue weighted by molar-refractivity contribution is -0.114. The minimum absolute atomic E-state index is 0.129. The number of aromatic nitrogens is 2. The van der Waals surface area contributed by atoms with Crippen LogP contribution in [-0.4, -0.2) is 43.6 Å². The van der Waals surface area contributed by atoms with Crippen LogP contribution in [0, 0.1) is 0 Å². The quantitative estimate of drug-likeness (QED) is 0.563. The fraction of sp³-hybridized carbons (Fsp3) is 0.250. The molecule has 0 saturated carbocycles. The zero-order chi connectivity index (χ0) is 17.9. The molecule has 0 spiro atoms. The molecule has 1 heterocycles. The zero-order valence-corrected chi connectivity index (χ0v) is 16.4. The Hall–Kier alpha value is -1.07. The first-order valence-corrected chi connectivity index (χ1v) is 11.0. The van der Waals surface area contributed by atoms with E-state index in [1.807, 2.05) is 6.26 Å². The van der Waals surface area contributed by atoms with Crippen molar-refractivity contribution in [1.29, 1.82) is 0 Å². The number of hydrogen-bond donors (Lipinski definition) is 1. The molecule has 0 radical (unpaired) electrons. The maximum atomic E-state index is 12.2. The second kappa shape index (κ2) is 7.87. The van der Waals surface area contributed by atoms with Gasteiger partial charge in [-0.2, -0.15) is 0 Å². The van der Waals surface area contributed by atoms with Gasteiger partial charge in [0.15, 0.2) is 4.34 Å². The summed E-state index contributed by atoms with van der Waals surface area (Å²) in [7, 11) is -3.75. The van der Waals surface area contributed by atoms with Crippen molar-refractivity contribution < 1.29 is 13.2 Å². The van der Waals surface area contributed by atoms with Crippen LogP contribution in [0.1, 0.15) is 0 Å². The Balaban J connectivity index is 2.23. The van der Waals surface area contributed by atoms with Gasteiger partial charge in [0.2, 0.25) is 21.1 Å². The summed E-state index contributed by atoms with van der Waals surface area (Å²) in [6, 6.07) is 4.37. The van der Waals surface area contributed by atoms with Crippen molar-refractivity contribution in [1.82, 2.24) is 10.2 Å². The van der Waals surface area contributed by atoms with Gasteiger partial charge in [0.25, 0.3) is 0 Å². The molecule has 7 nitrogen and oxygen atoms in total. The number of halogens is 2. The predicted molar refractivity (Wildman–Crippen MR) is 99.0 cm³/mol. The molecule has 1 aromatic heterocycles. The van der Waals surface area contributed by atoms with E-state index in [0.29, 0.717) is 9.36 Å². The van der Waals surface area contributed by atoms with Gasteiger partial charge in [0, 0.05) is 5.02 Å². The fourth-order valence-corrected chi connectivity index (χ4v) is 4.17. The third-order valence-electron chi connectivity index (χ3n) is 2.69. The Labute approximate surface area is 157 Å². The summed E-state index contributed by atoms with van der Waals surface area (Å²) in [6.07, 6.45) is 2.81. The van der Waals surface area contributed by atoms with Crippen molar-refractivity contribution in [2.45, 2.75) is 4.34 Å². The number of thioether (sulfide) groups is 1. The van der Waals surface area contributed by atoms with Crippen molar-refractivity contribution in [3.8, 4) is 0 Å². The molecule has 2 rings (SSSR count). The fourth-order valence-electron chi connectivity index (χ4n) is 1.69. The lowest BCUT2D eigenvalue weighted by Crippen LogP contribution is -2.37. The largest absolute Gasteiger partial charge is 0.299 e. The van der Waals surface area contributed by atoms with Gasteiger partial charge in [-0.1, -0.05) is 46.3 Å². The number of rotatable bonds is 6. The molecule has 12 heteroatoms. The van der Waals surface area contributed by atoms with Gasteiger partial charge in [-0.15, -0.1) is 10.2 Å². The number of nitrogens with zero attached hydrogens (tertiary/aromatic N) is 3. The van der Waals surface area contributed by atoms with Gasteiger partial charge in [-0.25, -0.2) is 8.42 Å². The van der Waals surface area contributed by atoms with Crippen LogP contribution in [-0.2, 0) is 14.8 Å². The number of anilines is 2. The second-order valence-corrected chi connectivity index (χ2v) is 9.27. The normalized spacial score (nSPS) is 11.3. The second-order valence-electron chi connectivity index (χ2n) is 4.49. The molecule has 0 saturated heterocycles. The molecule has 1 N–H and O–H groups in total. The lowest BCUT2D eigenvalue weighted by atomic mass is 10.3. The molecular formula is C12H12Cl2N4O3S3. The molecule has 130 valence electrons. The Bertz CT molecular complexity index is 857. The van der Waals surface area contributed by atoms with Gasteiger partial charge in [-0.3, -0.25) is 14.4 Å². The highest BCUT2D eigenvalue weighted by Crippen LogP contribution is 2.30. The summed E-state index contributed by atoms with van der Waals surface area (Å²) >= 11 is 14.5. The molecule has 0 aliphatic rings. The Morgan fingerprint density at radius 1 is 1.38 bits per heavy atom. The van der Waals surface area contributed by atoms with E-state index in [0.717, 1.165) is 10.6 Å². The third-order valence-corrected chi connectivity index (χ3v) is 6.19. The summed E-state index contributed by atoms with van der Waals surface area (Å²) in [4.78, 5) is 12.2. The predicted octanol–water partition coefficient (Wildman–Crippen LogP) is 2.97. The van der Waals surface area contributed by atoms with E-state index in [9.17, 15) is 13.2 Å². The van der Waals surface area contributed by atoms with E-state index < -0.39 is 22.5 Å². The summed E-state index contributed by atoms with van der Waals surface area (Å²) in [5.41, 5.74) is 0.129. The number of carbonyl (C=O) groups is 1. The summed E-state index contributed by atoms with van der Waals surface area (Å²) in [6.45, 7) is -0.465. The van der Waals surface area contributed by atoms with Gasteiger partial charge in [-0.05, 0) is 24.5 Å². The number of hydrogen-bond acceptors (Lipinski definition) is 7. The van der Waals surface area contributed by atoms with E-state index in [1.165, 1.54) is 41.3 Å². The van der Waals surface area contributed by atoms with Gasteiger partial charge in [0.1, 0.15) is 6.54 Å². The average molecular weight is 427 g/mol. The molecule has 0 fully saturated rings. The van der Waals surface area contributed by atoms with Crippen LogP contribution < -0.4 is 9.62 Å². The molecule has 2 aromatic rings. The van der Waals surface area contributed by atoms with E-state index in [2.05, 4.69) is 15.5 Å². The molecule has 24 heavy (non-hydrogen) atoms. The molecule has 0 aliphatic carbocycles. The molecular weight excluding hydrogens is 415 g/mol. The van der Waals surface area contributed by atoms with Gasteiger partial charge >= 0.3 is 0 Å². The van der Waals surface area contributed by atoms with Gasteiger partial charge in [0.05, 0.1) is 17.0 Å². The lowest BCUT2D eigenvalue weighted by Gasteiger charge is -2.22. The van der Waals surface area contributed by atoms with E-state index in [1.54, 1.807) is 0 Å². The molecule has 0 aliphatic heterocycles. The van der Waals surface area contributed by atoms with Crippen molar-refractivity contribution in [2.75, 3.05) is 28.7 Å². The van der Waals surface area contributed by atoms with Crippen molar-refractivity contribution in [3.05, 3.63) is 28.2 Å². The number of nitrogens with one attached hydrogen (secondary N) is 1. The van der Waals surface area contributed by atoms with Crippen LogP contribution >= 0.6 is 46.3 Å². The number of sulfonamides is 1. The summed E-state index contributed by atoms with van der Waals surface area (Å²) in [5.74, 6) is -0.569. The molecule has 1 amide bonds. The van der Waals surface area contributed by atoms with Crippen LogP contribution in [0.2, 0.25) is 10.0 Å². The van der Waals surface area contributed by atoms with Crippen LogP contribution in [0.15, 0.2) is 22.5 Å². The van der Waals surface area contributed by atoms with E-state index >= 15 is 0 Å². The van der Waals surface area contributed by atoms with E-state index in [-0.39, 0.29) is 15.8 Å². The first-order valence-electron chi connectivity index (χ1n) is 6.31. The molecule has 0 bridgehead atoms. The molecule has 1 aromatic carbocycles. The van der Waals surface area contributed by atoms with Crippen molar-refractivity contribution >= 4 is 73.0 Å². The maximum Gasteiger partial charge on any atom is 0.246 e. The highest BCUT2D eigenvalue weighted by Gasteiger charge is 2.24. The highest BCUT2D eigenvalue weighted by atomic mass is 35.5. The Kier molecular flexibility index (Phi) is 6.32. The number of carbonyl (C=O) groups excluding carboxylic acids is 1. The maximum absolute atomic E-state index is 12.2. The minimum Gasteiger partial charge on any atom is -0.299 e. The number of amides is 1. The SMILES string of the molecule is CSc1nnc(NC(=O)CN(c2cc(Cl)ccc2Cl)S(C)(=O)=O)s1. The standard InChI is InChI=1S/C12H12Cl2N4O3S3/c1-22-12-17-16-11(23-12)15-10(19)6-18(24(2,20)21)9-5-7(13)3-4-8(9)14/h3-5H,6H2,1-2H3,(H,15,16,19). The monoisotopic (exact) mass is 426 g/mol. The minimum atomic E-state index is -3.75. The summed E-state index contributed by atoms with van der Waals surface area (Å²) in [5, 5.41) is 10.9. The number of benzene rings is 1. The van der Waals surface area contributed by atoms with Crippen LogP contribution in [0.3, 0.4) is 0 Å². The first-order chi connectivity index (χ1) is 11.2. The highest BCUT2D eigenvalue weighted by molar-refractivity contribution is 8.00. The topological polar surface area (TPSA) is 92.3 Å². The molecule has 0 unspecified atom stereocenters. The van der Waals surface area contributed by atoms with E-state index in [4.69, 9.17) is 23.2 Å². The van der Waals surface area contributed by atoms with Crippen LogP contribution in [0.5, 0.6) is 0 Å². The summed E-state index contributed by atoms with van der Waals surface area (Å²) < 4.78 is 25.7. The molecule has 0 atom stereocenters. The van der Waals surface area contributed by atoms with Crippen molar-refractivity contribution in [2.24, 2.45) is 0 Å². The van der Waals surface area contributed by atoms with Crippen LogP contribution in [0.25, 0.3) is 0 Å². The third kappa shape index (κ3) is 4.96. The Morgan fingerprint density at radius 3 is 2.67 bits per heavy atom. The van der Waals surface area contributed by atoms with Crippen molar-refractivity contribution in [3.63, 3.8) is 0 Å². The van der Waals surface area contributed by atoms with Gasteiger partial charge < -0.3 is 0 Å². The first kappa shape index (κ1) is 19.3. The Morgan fingerprint density at radius 2 is 2.08 bits per heavy atom. The van der Waals surface area contributed by atoms with Crippen LogP contribution in [0.4, 0.5) is 10.8 Å². The smallest absolute Gasteiger partial charge is 0.246 e. The average Bonchev–Trinajstić information content (AvgIpc) is 2.94. The zero-order valence-electron chi connectivity index (χ0n) is 12.5.